The molecule has 126 valence electrons. The van der Waals surface area contributed by atoms with E-state index in [1.807, 2.05) is 0 Å². The van der Waals surface area contributed by atoms with E-state index in [9.17, 15) is 9.18 Å². The number of amides is 1. The lowest BCUT2D eigenvalue weighted by Crippen LogP contribution is -2.28. The molecule has 6 heteroatoms. The fraction of sp³-hybridized carbons (Fsp3) is 0.278. The van der Waals surface area contributed by atoms with Gasteiger partial charge in [-0.05, 0) is 42.3 Å². The summed E-state index contributed by atoms with van der Waals surface area (Å²) in [6.07, 6.45) is 0.628. The molecular weight excluding hydrogens is 313 g/mol. The Morgan fingerprint density at radius 3 is 2.29 bits per heavy atom. The quantitative estimate of drug-likeness (QED) is 0.864. The molecule has 1 aliphatic heterocycles. The van der Waals surface area contributed by atoms with Crippen LogP contribution in [0.5, 0.6) is 17.2 Å². The van der Waals surface area contributed by atoms with E-state index in [2.05, 4.69) is 0 Å². The highest BCUT2D eigenvalue weighted by Gasteiger charge is 2.27. The van der Waals surface area contributed by atoms with Crippen LogP contribution in [0.15, 0.2) is 30.3 Å². The summed E-state index contributed by atoms with van der Waals surface area (Å²) in [6, 6.07) is 7.70. The summed E-state index contributed by atoms with van der Waals surface area (Å²) in [5, 5.41) is 0. The Hall–Kier alpha value is -2.76. The number of ether oxygens (including phenoxy) is 3. The Morgan fingerprint density at radius 1 is 1.04 bits per heavy atom. The van der Waals surface area contributed by atoms with Gasteiger partial charge in [0.25, 0.3) is 5.91 Å². The molecule has 0 N–H and O–H groups in total. The van der Waals surface area contributed by atoms with Crippen molar-refractivity contribution < 1.29 is 23.4 Å². The molecule has 2 aromatic rings. The zero-order chi connectivity index (χ0) is 17.3. The first-order valence-corrected chi connectivity index (χ1v) is 7.49. The molecule has 0 radical (unpaired) electrons. The molecule has 0 aliphatic carbocycles. The van der Waals surface area contributed by atoms with Crippen LogP contribution < -0.4 is 19.1 Å². The van der Waals surface area contributed by atoms with Crippen molar-refractivity contribution in [1.29, 1.82) is 0 Å². The number of rotatable bonds is 4. The first-order valence-electron chi connectivity index (χ1n) is 7.49. The molecule has 5 nitrogen and oxygen atoms in total. The number of nitrogens with zero attached hydrogens (tertiary/aromatic N) is 1. The Labute approximate surface area is 139 Å². The van der Waals surface area contributed by atoms with E-state index < -0.39 is 0 Å². The first-order chi connectivity index (χ1) is 11.6. The fourth-order valence-corrected chi connectivity index (χ4v) is 2.94. The van der Waals surface area contributed by atoms with Crippen LogP contribution >= 0.6 is 0 Å². The SMILES string of the molecule is COc1cc(C(=O)N2CCc3cc(F)ccc32)cc(OC)c1OC. The molecular formula is C18H18FNO4. The average Bonchev–Trinajstić information content (AvgIpc) is 3.02. The van der Waals surface area contributed by atoms with Gasteiger partial charge in [-0.2, -0.15) is 0 Å². The van der Waals surface area contributed by atoms with Gasteiger partial charge in [0, 0.05) is 17.8 Å². The van der Waals surface area contributed by atoms with Gasteiger partial charge in [0.1, 0.15) is 5.82 Å². The topological polar surface area (TPSA) is 48.0 Å². The molecule has 0 unspecified atom stereocenters. The van der Waals surface area contributed by atoms with Crippen LogP contribution in [-0.2, 0) is 6.42 Å². The van der Waals surface area contributed by atoms with Gasteiger partial charge < -0.3 is 19.1 Å². The fourth-order valence-electron chi connectivity index (χ4n) is 2.94. The number of anilines is 1. The summed E-state index contributed by atoms with van der Waals surface area (Å²) < 4.78 is 29.2. The third-order valence-electron chi connectivity index (χ3n) is 4.09. The molecule has 24 heavy (non-hydrogen) atoms. The molecule has 0 atom stereocenters. The van der Waals surface area contributed by atoms with Crippen molar-refractivity contribution in [3.8, 4) is 17.2 Å². The number of carbonyl (C=O) groups is 1. The maximum absolute atomic E-state index is 13.3. The third kappa shape index (κ3) is 2.64. The molecule has 3 rings (SSSR count). The first kappa shape index (κ1) is 16.1. The van der Waals surface area contributed by atoms with Crippen molar-refractivity contribution >= 4 is 11.6 Å². The summed E-state index contributed by atoms with van der Waals surface area (Å²) >= 11 is 0. The molecule has 0 saturated carbocycles. The van der Waals surface area contributed by atoms with Crippen molar-refractivity contribution in [2.45, 2.75) is 6.42 Å². The summed E-state index contributed by atoms with van der Waals surface area (Å²) in [5.41, 5.74) is 1.98. The Bertz CT molecular complexity index is 766. The van der Waals surface area contributed by atoms with Crippen LogP contribution in [0, 0.1) is 5.82 Å². The normalized spacial score (nSPS) is 12.8. The summed E-state index contributed by atoms with van der Waals surface area (Å²) in [7, 11) is 4.51. The van der Waals surface area contributed by atoms with E-state index in [4.69, 9.17) is 14.2 Å². The minimum Gasteiger partial charge on any atom is -0.493 e. The number of hydrogen-bond acceptors (Lipinski definition) is 4. The predicted molar refractivity (Wildman–Crippen MR) is 87.9 cm³/mol. The Kier molecular flexibility index (Phi) is 4.29. The second kappa shape index (κ2) is 6.39. The van der Waals surface area contributed by atoms with Crippen LogP contribution in [0.1, 0.15) is 15.9 Å². The van der Waals surface area contributed by atoms with Crippen LogP contribution in [0.2, 0.25) is 0 Å². The number of methoxy groups -OCH3 is 3. The van der Waals surface area contributed by atoms with Gasteiger partial charge in [0.15, 0.2) is 11.5 Å². The van der Waals surface area contributed by atoms with Gasteiger partial charge >= 0.3 is 0 Å². The van der Waals surface area contributed by atoms with E-state index in [-0.39, 0.29) is 11.7 Å². The second-order valence-electron chi connectivity index (χ2n) is 5.39. The van der Waals surface area contributed by atoms with Crippen molar-refractivity contribution in [1.82, 2.24) is 0 Å². The van der Waals surface area contributed by atoms with Crippen molar-refractivity contribution in [3.63, 3.8) is 0 Å². The zero-order valence-electron chi connectivity index (χ0n) is 13.8. The standard InChI is InChI=1S/C18H18FNO4/c1-22-15-9-12(10-16(23-2)17(15)24-3)18(21)20-7-6-11-8-13(19)4-5-14(11)20/h4-5,8-10H,6-7H2,1-3H3. The highest BCUT2D eigenvalue weighted by Crippen LogP contribution is 2.39. The van der Waals surface area contributed by atoms with Gasteiger partial charge in [-0.3, -0.25) is 4.79 Å². The van der Waals surface area contributed by atoms with E-state index in [0.717, 1.165) is 11.3 Å². The van der Waals surface area contributed by atoms with Crippen LogP contribution in [-0.4, -0.2) is 33.8 Å². The summed E-state index contributed by atoms with van der Waals surface area (Å²) in [4.78, 5) is 14.5. The lowest BCUT2D eigenvalue weighted by Gasteiger charge is -2.19. The van der Waals surface area contributed by atoms with Gasteiger partial charge in [0.05, 0.1) is 21.3 Å². The van der Waals surface area contributed by atoms with E-state index in [0.29, 0.717) is 35.8 Å². The maximum atomic E-state index is 13.3. The number of halogens is 1. The maximum Gasteiger partial charge on any atom is 0.258 e. The van der Waals surface area contributed by atoms with E-state index >= 15 is 0 Å². The third-order valence-corrected chi connectivity index (χ3v) is 4.09. The molecule has 0 spiro atoms. The largest absolute Gasteiger partial charge is 0.493 e. The van der Waals surface area contributed by atoms with Gasteiger partial charge in [0.2, 0.25) is 5.75 Å². The van der Waals surface area contributed by atoms with E-state index in [1.54, 1.807) is 23.1 Å². The van der Waals surface area contributed by atoms with E-state index in [1.165, 1.54) is 33.5 Å². The van der Waals surface area contributed by atoms with Crippen molar-refractivity contribution in [2.24, 2.45) is 0 Å². The lowest BCUT2D eigenvalue weighted by atomic mass is 10.1. The lowest BCUT2D eigenvalue weighted by molar-refractivity contribution is 0.0988. The number of carbonyl (C=O) groups excluding carboxylic acids is 1. The minimum absolute atomic E-state index is 0.195. The highest BCUT2D eigenvalue weighted by atomic mass is 19.1. The number of fused-ring (bicyclic) bond motifs is 1. The molecule has 2 aromatic carbocycles. The molecule has 1 heterocycles. The van der Waals surface area contributed by atoms with Crippen LogP contribution in [0.4, 0.5) is 10.1 Å². The number of hydrogen-bond donors (Lipinski definition) is 0. The molecule has 0 fully saturated rings. The second-order valence-corrected chi connectivity index (χ2v) is 5.39. The van der Waals surface area contributed by atoms with Gasteiger partial charge in [-0.1, -0.05) is 0 Å². The molecule has 1 amide bonds. The van der Waals surface area contributed by atoms with Crippen LogP contribution in [0.25, 0.3) is 0 Å². The average molecular weight is 331 g/mol. The Balaban J connectivity index is 2.00. The summed E-state index contributed by atoms with van der Waals surface area (Å²) in [6.45, 7) is 0.508. The molecule has 0 bridgehead atoms. The molecule has 1 aliphatic rings. The van der Waals surface area contributed by atoms with Gasteiger partial charge in [-0.25, -0.2) is 4.39 Å². The zero-order valence-corrected chi connectivity index (χ0v) is 13.8. The predicted octanol–water partition coefficient (Wildman–Crippen LogP) is 3.05. The molecule has 0 aromatic heterocycles. The smallest absolute Gasteiger partial charge is 0.258 e. The monoisotopic (exact) mass is 331 g/mol. The van der Waals surface area contributed by atoms with Crippen LogP contribution in [0.3, 0.4) is 0 Å². The van der Waals surface area contributed by atoms with Crippen molar-refractivity contribution in [3.05, 3.63) is 47.3 Å². The van der Waals surface area contributed by atoms with Gasteiger partial charge in [-0.15, -0.1) is 0 Å². The highest BCUT2D eigenvalue weighted by molar-refractivity contribution is 6.08. The summed E-state index contributed by atoms with van der Waals surface area (Å²) in [5.74, 6) is 0.772. The van der Waals surface area contributed by atoms with Crippen molar-refractivity contribution in [2.75, 3.05) is 32.8 Å². The number of benzene rings is 2. The molecule has 0 saturated heterocycles. The minimum atomic E-state index is -0.296. The Morgan fingerprint density at radius 2 is 1.71 bits per heavy atom.